The number of carbonyl (C=O) groups is 2. The van der Waals surface area contributed by atoms with Gasteiger partial charge in [0.05, 0.1) is 18.0 Å². The van der Waals surface area contributed by atoms with Gasteiger partial charge in [0.2, 0.25) is 11.8 Å². The predicted octanol–water partition coefficient (Wildman–Crippen LogP) is 4.26. The molecule has 3 rings (SSSR count). The first-order valence-corrected chi connectivity index (χ1v) is 11.1. The van der Waals surface area contributed by atoms with Crippen LogP contribution in [0.5, 0.6) is 0 Å². The van der Waals surface area contributed by atoms with Crippen LogP contribution in [0.25, 0.3) is 5.69 Å². The first kappa shape index (κ1) is 22.6. The molecule has 2 N–H and O–H groups in total. The first-order chi connectivity index (χ1) is 14.7. The van der Waals surface area contributed by atoms with Gasteiger partial charge in [0, 0.05) is 18.1 Å². The fraction of sp³-hybridized carbons (Fsp3) is 0.292. The molecule has 1 aromatic heterocycles. The van der Waals surface area contributed by atoms with Crippen molar-refractivity contribution in [2.24, 2.45) is 0 Å². The minimum absolute atomic E-state index is 0.0718. The molecule has 3 aromatic rings. The van der Waals surface area contributed by atoms with Crippen LogP contribution in [0.2, 0.25) is 0 Å². The molecule has 162 valence electrons. The van der Waals surface area contributed by atoms with Gasteiger partial charge in [-0.1, -0.05) is 47.2 Å². The lowest BCUT2D eigenvalue weighted by Gasteiger charge is -2.13. The number of thioether (sulfide) groups is 1. The standard InChI is InChI=1S/C24H28N4O2S/c1-15-6-7-20(17(3)10-15)28-9-8-25-24(28)31-14-22(30)26-13-21(29)27-23-18(4)11-16(2)12-19(23)5/h6-12H,13-14H2,1-5H3,(H,26,30)(H,27,29). The van der Waals surface area contributed by atoms with E-state index < -0.39 is 0 Å². The van der Waals surface area contributed by atoms with Crippen LogP contribution in [-0.2, 0) is 9.59 Å². The van der Waals surface area contributed by atoms with Crippen LogP contribution in [0.4, 0.5) is 5.69 Å². The molecule has 0 unspecified atom stereocenters. The van der Waals surface area contributed by atoms with Gasteiger partial charge >= 0.3 is 0 Å². The van der Waals surface area contributed by atoms with Crippen LogP contribution < -0.4 is 10.6 Å². The second-order valence-corrected chi connectivity index (χ2v) is 8.70. The van der Waals surface area contributed by atoms with E-state index in [1.165, 1.54) is 17.3 Å². The summed E-state index contributed by atoms with van der Waals surface area (Å²) in [6.45, 7) is 9.99. The number of rotatable bonds is 7. The molecule has 0 aliphatic rings. The van der Waals surface area contributed by atoms with E-state index in [4.69, 9.17) is 0 Å². The number of benzene rings is 2. The Labute approximate surface area is 187 Å². The zero-order valence-corrected chi connectivity index (χ0v) is 19.4. The van der Waals surface area contributed by atoms with Gasteiger partial charge in [-0.15, -0.1) is 0 Å². The Kier molecular flexibility index (Phi) is 7.17. The number of carbonyl (C=O) groups excluding carboxylic acids is 2. The smallest absolute Gasteiger partial charge is 0.243 e. The quantitative estimate of drug-likeness (QED) is 0.543. The minimum Gasteiger partial charge on any atom is -0.346 e. The maximum atomic E-state index is 12.3. The molecular weight excluding hydrogens is 408 g/mol. The Morgan fingerprint density at radius 1 is 0.935 bits per heavy atom. The Morgan fingerprint density at radius 2 is 1.61 bits per heavy atom. The molecule has 0 spiro atoms. The topological polar surface area (TPSA) is 76.0 Å². The molecule has 0 fully saturated rings. The van der Waals surface area contributed by atoms with E-state index in [1.807, 2.05) is 43.7 Å². The normalized spacial score (nSPS) is 10.7. The van der Waals surface area contributed by atoms with Crippen molar-refractivity contribution in [1.82, 2.24) is 14.9 Å². The monoisotopic (exact) mass is 436 g/mol. The summed E-state index contributed by atoms with van der Waals surface area (Å²) in [5.41, 5.74) is 7.34. The van der Waals surface area contributed by atoms with Crippen molar-refractivity contribution >= 4 is 29.3 Å². The molecule has 31 heavy (non-hydrogen) atoms. The average molecular weight is 437 g/mol. The Morgan fingerprint density at radius 3 is 2.29 bits per heavy atom. The van der Waals surface area contributed by atoms with Crippen molar-refractivity contribution in [3.8, 4) is 5.69 Å². The molecule has 0 atom stereocenters. The van der Waals surface area contributed by atoms with Crippen LogP contribution >= 0.6 is 11.8 Å². The molecule has 2 amide bonds. The minimum atomic E-state index is -0.245. The molecule has 0 saturated heterocycles. The molecule has 0 saturated carbocycles. The molecule has 1 heterocycles. The number of amides is 2. The van der Waals surface area contributed by atoms with Gasteiger partial charge in [0.25, 0.3) is 0 Å². The highest BCUT2D eigenvalue weighted by atomic mass is 32.2. The van der Waals surface area contributed by atoms with Crippen molar-refractivity contribution in [2.75, 3.05) is 17.6 Å². The Balaban J connectivity index is 1.54. The van der Waals surface area contributed by atoms with E-state index in [0.29, 0.717) is 0 Å². The fourth-order valence-electron chi connectivity index (χ4n) is 3.58. The van der Waals surface area contributed by atoms with Gasteiger partial charge in [0.1, 0.15) is 0 Å². The van der Waals surface area contributed by atoms with E-state index >= 15 is 0 Å². The van der Waals surface area contributed by atoms with E-state index in [1.54, 1.807) is 6.20 Å². The molecule has 0 aliphatic carbocycles. The van der Waals surface area contributed by atoms with Gasteiger partial charge in [0.15, 0.2) is 5.16 Å². The molecule has 0 bridgehead atoms. The van der Waals surface area contributed by atoms with Crippen molar-refractivity contribution < 1.29 is 9.59 Å². The van der Waals surface area contributed by atoms with Gasteiger partial charge in [-0.25, -0.2) is 4.98 Å². The third-order valence-corrected chi connectivity index (χ3v) is 5.91. The Bertz CT molecular complexity index is 1100. The zero-order chi connectivity index (χ0) is 22.5. The lowest BCUT2D eigenvalue weighted by Crippen LogP contribution is -2.34. The Hall–Kier alpha value is -3.06. The van der Waals surface area contributed by atoms with E-state index in [9.17, 15) is 9.59 Å². The highest BCUT2D eigenvalue weighted by molar-refractivity contribution is 7.99. The van der Waals surface area contributed by atoms with Crippen LogP contribution in [0.3, 0.4) is 0 Å². The summed E-state index contributed by atoms with van der Waals surface area (Å²) in [4.78, 5) is 29.0. The number of aromatic nitrogens is 2. The summed E-state index contributed by atoms with van der Waals surface area (Å²) in [6, 6.07) is 10.3. The first-order valence-electron chi connectivity index (χ1n) is 10.1. The van der Waals surface area contributed by atoms with Crippen molar-refractivity contribution in [3.63, 3.8) is 0 Å². The van der Waals surface area contributed by atoms with E-state index in [-0.39, 0.29) is 24.1 Å². The predicted molar refractivity (Wildman–Crippen MR) is 126 cm³/mol. The summed E-state index contributed by atoms with van der Waals surface area (Å²) in [5, 5.41) is 6.31. The molecular formula is C24H28N4O2S. The summed E-state index contributed by atoms with van der Waals surface area (Å²) in [6.07, 6.45) is 3.61. The van der Waals surface area contributed by atoms with Gasteiger partial charge < -0.3 is 10.6 Å². The summed E-state index contributed by atoms with van der Waals surface area (Å²) >= 11 is 1.34. The van der Waals surface area contributed by atoms with Crippen molar-refractivity contribution in [3.05, 3.63) is 70.5 Å². The molecule has 7 heteroatoms. The second kappa shape index (κ2) is 9.83. The third-order valence-electron chi connectivity index (χ3n) is 4.94. The summed E-state index contributed by atoms with van der Waals surface area (Å²) in [5.74, 6) is -0.282. The van der Waals surface area contributed by atoms with Gasteiger partial charge in [-0.2, -0.15) is 0 Å². The second-order valence-electron chi connectivity index (χ2n) is 7.76. The fourth-order valence-corrected chi connectivity index (χ4v) is 4.37. The lowest BCUT2D eigenvalue weighted by atomic mass is 10.1. The number of nitrogens with zero attached hydrogens (tertiary/aromatic N) is 2. The summed E-state index contributed by atoms with van der Waals surface area (Å²) in [7, 11) is 0. The van der Waals surface area contributed by atoms with Crippen molar-refractivity contribution in [1.29, 1.82) is 0 Å². The van der Waals surface area contributed by atoms with Crippen LogP contribution in [0.1, 0.15) is 27.8 Å². The molecule has 6 nitrogen and oxygen atoms in total. The molecule has 2 aromatic carbocycles. The number of anilines is 1. The lowest BCUT2D eigenvalue weighted by molar-refractivity contribution is -0.122. The van der Waals surface area contributed by atoms with Crippen LogP contribution in [0, 0.1) is 34.6 Å². The number of nitrogens with one attached hydrogen (secondary N) is 2. The third kappa shape index (κ3) is 5.76. The summed E-state index contributed by atoms with van der Waals surface area (Å²) < 4.78 is 1.97. The average Bonchev–Trinajstić information content (AvgIpc) is 3.15. The SMILES string of the molecule is Cc1ccc(-n2ccnc2SCC(=O)NCC(=O)Nc2c(C)cc(C)cc2C)c(C)c1. The van der Waals surface area contributed by atoms with Gasteiger partial charge in [-0.3, -0.25) is 14.2 Å². The number of hydrogen-bond acceptors (Lipinski definition) is 4. The molecule has 0 aliphatic heterocycles. The zero-order valence-electron chi connectivity index (χ0n) is 18.6. The van der Waals surface area contributed by atoms with Crippen LogP contribution in [0.15, 0.2) is 47.9 Å². The highest BCUT2D eigenvalue weighted by Gasteiger charge is 2.13. The van der Waals surface area contributed by atoms with E-state index in [2.05, 4.69) is 47.7 Å². The van der Waals surface area contributed by atoms with Crippen molar-refractivity contribution in [2.45, 2.75) is 39.8 Å². The largest absolute Gasteiger partial charge is 0.346 e. The maximum absolute atomic E-state index is 12.3. The number of hydrogen-bond donors (Lipinski definition) is 2. The number of imidazole rings is 1. The van der Waals surface area contributed by atoms with E-state index in [0.717, 1.165) is 38.8 Å². The number of aryl methyl sites for hydroxylation is 5. The van der Waals surface area contributed by atoms with Crippen LogP contribution in [-0.4, -0.2) is 33.7 Å². The highest BCUT2D eigenvalue weighted by Crippen LogP contribution is 2.24. The molecule has 0 radical (unpaired) electrons. The maximum Gasteiger partial charge on any atom is 0.243 e. The van der Waals surface area contributed by atoms with Gasteiger partial charge in [-0.05, 0) is 57.4 Å².